The van der Waals surface area contributed by atoms with Gasteiger partial charge in [-0.3, -0.25) is 0 Å². The quantitative estimate of drug-likeness (QED) is 0.662. The fourth-order valence-electron chi connectivity index (χ4n) is 1.83. The Balaban J connectivity index is 2.21. The molecule has 0 spiro atoms. The molecule has 0 atom stereocenters. The topological polar surface area (TPSA) is 52.3 Å². The molecule has 0 amide bonds. The molecule has 0 N–H and O–H groups in total. The first-order valence-corrected chi connectivity index (χ1v) is 6.17. The predicted octanol–water partition coefficient (Wildman–Crippen LogP) is 3.34. The molecule has 0 saturated heterocycles. The van der Waals surface area contributed by atoms with Gasteiger partial charge in [-0.1, -0.05) is 18.2 Å². The van der Waals surface area contributed by atoms with E-state index in [1.54, 1.807) is 11.8 Å². The Kier molecular flexibility index (Phi) is 2.60. The monoisotopic (exact) mass is 259 g/mol. The molecule has 0 bridgehead atoms. The van der Waals surface area contributed by atoms with E-state index >= 15 is 0 Å². The second-order valence-corrected chi connectivity index (χ2v) is 4.52. The number of para-hydroxylation sites is 1. The zero-order chi connectivity index (χ0) is 12.5. The molecule has 2 aromatic heterocycles. The van der Waals surface area contributed by atoms with Crippen molar-refractivity contribution in [2.24, 2.45) is 0 Å². The van der Waals surface area contributed by atoms with Crippen molar-refractivity contribution < 1.29 is 13.9 Å². The van der Waals surface area contributed by atoms with Gasteiger partial charge in [0.1, 0.15) is 11.8 Å². The molecule has 0 unspecified atom stereocenters. The number of carbonyl (C=O) groups is 1. The van der Waals surface area contributed by atoms with Gasteiger partial charge in [0, 0.05) is 10.9 Å². The summed E-state index contributed by atoms with van der Waals surface area (Å²) in [5.74, 6) is -0.434. The fraction of sp³-hybridized carbons (Fsp3) is 0.0769. The molecule has 90 valence electrons. The van der Waals surface area contributed by atoms with Gasteiger partial charge < -0.3 is 9.15 Å². The number of aromatic nitrogens is 1. The van der Waals surface area contributed by atoms with Crippen LogP contribution in [0.5, 0.6) is 0 Å². The molecule has 3 aromatic rings. The molecule has 4 nitrogen and oxygen atoms in total. The fourth-order valence-corrected chi connectivity index (χ4v) is 2.63. The number of nitrogens with zero attached hydrogens (tertiary/aromatic N) is 1. The summed E-state index contributed by atoms with van der Waals surface area (Å²) in [5.41, 5.74) is 3.61. The van der Waals surface area contributed by atoms with Crippen molar-refractivity contribution in [1.82, 2.24) is 4.98 Å². The lowest BCUT2D eigenvalue weighted by molar-refractivity contribution is 0.0596. The lowest BCUT2D eigenvalue weighted by Crippen LogP contribution is -2.02. The Bertz CT molecular complexity index is 714. The van der Waals surface area contributed by atoms with Crippen LogP contribution in [0.15, 0.2) is 40.5 Å². The first kappa shape index (κ1) is 11.0. The van der Waals surface area contributed by atoms with Crippen LogP contribution in [0, 0.1) is 0 Å². The van der Waals surface area contributed by atoms with Gasteiger partial charge in [0.2, 0.25) is 0 Å². The van der Waals surface area contributed by atoms with Gasteiger partial charge in [0.05, 0.1) is 17.5 Å². The predicted molar refractivity (Wildman–Crippen MR) is 68.7 cm³/mol. The molecule has 1 aromatic carbocycles. The van der Waals surface area contributed by atoms with E-state index in [2.05, 4.69) is 4.98 Å². The summed E-state index contributed by atoms with van der Waals surface area (Å²) in [6.45, 7) is 0. The highest BCUT2D eigenvalue weighted by molar-refractivity contribution is 7.13. The second kappa shape index (κ2) is 4.27. The van der Waals surface area contributed by atoms with Crippen molar-refractivity contribution >= 4 is 28.3 Å². The lowest BCUT2D eigenvalue weighted by Gasteiger charge is -1.98. The largest absolute Gasteiger partial charge is 0.464 e. The zero-order valence-electron chi connectivity index (χ0n) is 9.54. The molecule has 5 heteroatoms. The minimum atomic E-state index is -0.434. The Morgan fingerprint density at radius 2 is 2.22 bits per heavy atom. The first-order chi connectivity index (χ1) is 8.81. The SMILES string of the molecule is COC(=O)c1ncsc1-c1coc2ccccc12. The van der Waals surface area contributed by atoms with Gasteiger partial charge in [-0.05, 0) is 6.07 Å². The summed E-state index contributed by atoms with van der Waals surface area (Å²) >= 11 is 1.39. The number of furan rings is 1. The molecule has 3 rings (SSSR count). The number of thiazole rings is 1. The number of esters is 1. The maximum absolute atomic E-state index is 11.6. The van der Waals surface area contributed by atoms with E-state index in [-0.39, 0.29) is 0 Å². The number of hydrogen-bond donors (Lipinski definition) is 0. The van der Waals surface area contributed by atoms with Gasteiger partial charge in [0.25, 0.3) is 0 Å². The van der Waals surface area contributed by atoms with Crippen molar-refractivity contribution in [2.75, 3.05) is 7.11 Å². The van der Waals surface area contributed by atoms with Crippen LogP contribution in [0.3, 0.4) is 0 Å². The normalized spacial score (nSPS) is 10.7. The summed E-state index contributed by atoms with van der Waals surface area (Å²) in [4.78, 5) is 16.4. The van der Waals surface area contributed by atoms with Crippen molar-refractivity contribution in [3.8, 4) is 10.4 Å². The number of carbonyl (C=O) groups excluding carboxylic acids is 1. The van der Waals surface area contributed by atoms with Crippen molar-refractivity contribution in [3.63, 3.8) is 0 Å². The van der Waals surface area contributed by atoms with Crippen LogP contribution in [0.25, 0.3) is 21.4 Å². The first-order valence-electron chi connectivity index (χ1n) is 5.29. The van der Waals surface area contributed by atoms with E-state index in [9.17, 15) is 4.79 Å². The number of rotatable bonds is 2. The highest BCUT2D eigenvalue weighted by Gasteiger charge is 2.19. The van der Waals surface area contributed by atoms with Crippen LogP contribution in [0.4, 0.5) is 0 Å². The van der Waals surface area contributed by atoms with Crippen LogP contribution in [0.2, 0.25) is 0 Å². The molecule has 18 heavy (non-hydrogen) atoms. The van der Waals surface area contributed by atoms with E-state index in [1.165, 1.54) is 18.4 Å². The summed E-state index contributed by atoms with van der Waals surface area (Å²) in [6, 6.07) is 7.68. The molecule has 0 aliphatic carbocycles. The molecule has 2 heterocycles. The van der Waals surface area contributed by atoms with Crippen molar-refractivity contribution in [1.29, 1.82) is 0 Å². The van der Waals surface area contributed by atoms with E-state index in [0.29, 0.717) is 5.69 Å². The minimum Gasteiger partial charge on any atom is -0.464 e. The van der Waals surface area contributed by atoms with Gasteiger partial charge >= 0.3 is 5.97 Å². The third-order valence-electron chi connectivity index (χ3n) is 2.67. The second-order valence-electron chi connectivity index (χ2n) is 3.67. The molecule has 0 aliphatic heterocycles. The number of hydrogen-bond acceptors (Lipinski definition) is 5. The number of methoxy groups -OCH3 is 1. The minimum absolute atomic E-state index is 0.328. The maximum Gasteiger partial charge on any atom is 0.358 e. The Hall–Kier alpha value is -2.14. The molecular weight excluding hydrogens is 250 g/mol. The van der Waals surface area contributed by atoms with Gasteiger partial charge in [-0.25, -0.2) is 9.78 Å². The Morgan fingerprint density at radius 1 is 1.39 bits per heavy atom. The van der Waals surface area contributed by atoms with Crippen LogP contribution in [-0.4, -0.2) is 18.1 Å². The average molecular weight is 259 g/mol. The lowest BCUT2D eigenvalue weighted by atomic mass is 10.1. The smallest absolute Gasteiger partial charge is 0.358 e. The number of ether oxygens (including phenoxy) is 1. The van der Waals surface area contributed by atoms with E-state index in [1.807, 2.05) is 24.3 Å². The summed E-state index contributed by atoms with van der Waals surface area (Å²) in [7, 11) is 1.35. The van der Waals surface area contributed by atoms with E-state index in [4.69, 9.17) is 9.15 Å². The van der Waals surface area contributed by atoms with Gasteiger partial charge in [-0.15, -0.1) is 11.3 Å². The van der Waals surface area contributed by atoms with Crippen molar-refractivity contribution in [2.45, 2.75) is 0 Å². The highest BCUT2D eigenvalue weighted by Crippen LogP contribution is 2.35. The van der Waals surface area contributed by atoms with Crippen LogP contribution >= 0.6 is 11.3 Å². The summed E-state index contributed by atoms with van der Waals surface area (Å²) in [5, 5.41) is 0.965. The molecular formula is C13H9NO3S. The maximum atomic E-state index is 11.6. The van der Waals surface area contributed by atoms with Crippen LogP contribution in [0.1, 0.15) is 10.5 Å². The Morgan fingerprint density at radius 3 is 3.06 bits per heavy atom. The van der Waals surface area contributed by atoms with E-state index in [0.717, 1.165) is 21.4 Å². The Labute approximate surface area is 107 Å². The van der Waals surface area contributed by atoms with Gasteiger partial charge in [0.15, 0.2) is 5.69 Å². The molecule has 0 radical (unpaired) electrons. The molecule has 0 aliphatic rings. The summed E-state index contributed by atoms with van der Waals surface area (Å²) < 4.78 is 10.2. The van der Waals surface area contributed by atoms with Crippen molar-refractivity contribution in [3.05, 3.63) is 41.7 Å². The van der Waals surface area contributed by atoms with Crippen LogP contribution < -0.4 is 0 Å². The number of fused-ring (bicyclic) bond motifs is 1. The third-order valence-corrected chi connectivity index (χ3v) is 3.53. The highest BCUT2D eigenvalue weighted by atomic mass is 32.1. The standard InChI is InChI=1S/C13H9NO3S/c1-16-13(15)11-12(18-7-14-11)9-6-17-10-5-3-2-4-8(9)10/h2-7H,1H3. The number of benzene rings is 1. The third kappa shape index (κ3) is 1.60. The van der Waals surface area contributed by atoms with E-state index < -0.39 is 5.97 Å². The summed E-state index contributed by atoms with van der Waals surface area (Å²) in [6.07, 6.45) is 1.64. The molecule has 0 fully saturated rings. The average Bonchev–Trinajstić information content (AvgIpc) is 3.03. The zero-order valence-corrected chi connectivity index (χ0v) is 10.4. The van der Waals surface area contributed by atoms with Crippen LogP contribution in [-0.2, 0) is 4.74 Å². The van der Waals surface area contributed by atoms with Gasteiger partial charge in [-0.2, -0.15) is 0 Å². The molecule has 0 saturated carbocycles.